The molecule has 0 saturated heterocycles. The molecule has 3 N–H and O–H groups in total. The molecule has 1 aromatic carbocycles. The molecular weight excluding hydrogens is 200 g/mol. The zero-order valence-electron chi connectivity index (χ0n) is 10.2. The molecule has 0 radical (unpaired) electrons. The van der Waals surface area contributed by atoms with Crippen molar-refractivity contribution < 1.29 is 0 Å². The SMILES string of the molecule is Cc1cccc2c(C(C)(C)NN)nn(C)c12. The molecule has 0 saturated carbocycles. The van der Waals surface area contributed by atoms with Crippen molar-refractivity contribution in [1.29, 1.82) is 0 Å². The van der Waals surface area contributed by atoms with Gasteiger partial charge in [0, 0.05) is 12.4 Å². The quantitative estimate of drug-likeness (QED) is 0.594. The highest BCUT2D eigenvalue weighted by Crippen LogP contribution is 2.28. The fourth-order valence-electron chi connectivity index (χ4n) is 2.06. The molecule has 2 aromatic rings. The summed E-state index contributed by atoms with van der Waals surface area (Å²) in [6, 6.07) is 6.23. The number of nitrogens with zero attached hydrogens (tertiary/aromatic N) is 2. The highest BCUT2D eigenvalue weighted by molar-refractivity contribution is 5.85. The van der Waals surface area contributed by atoms with Gasteiger partial charge in [-0.2, -0.15) is 5.10 Å². The van der Waals surface area contributed by atoms with Crippen molar-refractivity contribution in [1.82, 2.24) is 15.2 Å². The summed E-state index contributed by atoms with van der Waals surface area (Å²) in [5.74, 6) is 5.58. The maximum absolute atomic E-state index is 5.58. The van der Waals surface area contributed by atoms with Crippen LogP contribution in [0.1, 0.15) is 25.1 Å². The lowest BCUT2D eigenvalue weighted by atomic mass is 9.97. The Morgan fingerprint density at radius 1 is 1.38 bits per heavy atom. The Kier molecular flexibility index (Phi) is 2.48. The summed E-state index contributed by atoms with van der Waals surface area (Å²) in [4.78, 5) is 0. The van der Waals surface area contributed by atoms with Crippen LogP contribution in [-0.4, -0.2) is 9.78 Å². The Morgan fingerprint density at radius 2 is 2.06 bits per heavy atom. The molecule has 0 aliphatic heterocycles. The molecule has 0 aliphatic carbocycles. The molecule has 2 rings (SSSR count). The minimum atomic E-state index is -0.326. The number of hydrogen-bond acceptors (Lipinski definition) is 3. The van der Waals surface area contributed by atoms with Crippen molar-refractivity contribution in [2.75, 3.05) is 0 Å². The van der Waals surface area contributed by atoms with Crippen LogP contribution in [-0.2, 0) is 12.6 Å². The van der Waals surface area contributed by atoms with E-state index in [4.69, 9.17) is 5.84 Å². The Labute approximate surface area is 95.4 Å². The number of rotatable bonds is 2. The van der Waals surface area contributed by atoms with Crippen LogP contribution in [0.3, 0.4) is 0 Å². The third-order valence-corrected chi connectivity index (χ3v) is 3.02. The third-order valence-electron chi connectivity index (χ3n) is 3.02. The molecule has 86 valence electrons. The van der Waals surface area contributed by atoms with Crippen LogP contribution in [0.25, 0.3) is 10.9 Å². The van der Waals surface area contributed by atoms with E-state index in [2.05, 4.69) is 35.6 Å². The van der Waals surface area contributed by atoms with E-state index in [9.17, 15) is 0 Å². The lowest BCUT2D eigenvalue weighted by Gasteiger charge is -2.21. The van der Waals surface area contributed by atoms with Gasteiger partial charge in [0.2, 0.25) is 0 Å². The highest BCUT2D eigenvalue weighted by atomic mass is 15.3. The van der Waals surface area contributed by atoms with Gasteiger partial charge in [-0.1, -0.05) is 18.2 Å². The summed E-state index contributed by atoms with van der Waals surface area (Å²) in [5.41, 5.74) is 5.86. The van der Waals surface area contributed by atoms with Crippen LogP contribution < -0.4 is 11.3 Å². The van der Waals surface area contributed by atoms with Gasteiger partial charge in [0.15, 0.2) is 0 Å². The fourth-order valence-corrected chi connectivity index (χ4v) is 2.06. The molecule has 0 unspecified atom stereocenters. The maximum atomic E-state index is 5.58. The lowest BCUT2D eigenvalue weighted by molar-refractivity contribution is 0.401. The third kappa shape index (κ3) is 1.50. The average molecular weight is 218 g/mol. The van der Waals surface area contributed by atoms with Gasteiger partial charge in [0.25, 0.3) is 0 Å². The van der Waals surface area contributed by atoms with Gasteiger partial charge < -0.3 is 0 Å². The standard InChI is InChI=1S/C12H18N4/c1-8-6-5-7-9-10(8)16(4)14-11(9)12(2,3)15-13/h5-7,15H,13H2,1-4H3. The van der Waals surface area contributed by atoms with Gasteiger partial charge in [0.1, 0.15) is 0 Å². The van der Waals surface area contributed by atoms with Crippen molar-refractivity contribution in [3.8, 4) is 0 Å². The largest absolute Gasteiger partial charge is 0.271 e. The summed E-state index contributed by atoms with van der Waals surface area (Å²) in [7, 11) is 1.96. The first kappa shape index (κ1) is 11.1. The van der Waals surface area contributed by atoms with Crippen molar-refractivity contribution in [3.63, 3.8) is 0 Å². The van der Waals surface area contributed by atoms with E-state index in [-0.39, 0.29) is 5.54 Å². The smallest absolute Gasteiger partial charge is 0.0911 e. The summed E-state index contributed by atoms with van der Waals surface area (Å²) in [5, 5.41) is 5.73. The molecule has 0 amide bonds. The van der Waals surface area contributed by atoms with Crippen molar-refractivity contribution in [2.45, 2.75) is 26.3 Å². The number of hydrazine groups is 1. The van der Waals surface area contributed by atoms with Crippen LogP contribution in [0.4, 0.5) is 0 Å². The minimum absolute atomic E-state index is 0.326. The molecule has 4 nitrogen and oxygen atoms in total. The molecule has 0 bridgehead atoms. The van der Waals surface area contributed by atoms with E-state index < -0.39 is 0 Å². The second-order valence-electron chi connectivity index (χ2n) is 4.71. The number of nitrogens with two attached hydrogens (primary N) is 1. The number of hydrogen-bond donors (Lipinski definition) is 2. The summed E-state index contributed by atoms with van der Waals surface area (Å²) >= 11 is 0. The summed E-state index contributed by atoms with van der Waals surface area (Å²) in [6.07, 6.45) is 0. The van der Waals surface area contributed by atoms with Crippen LogP contribution in [0.5, 0.6) is 0 Å². The number of benzene rings is 1. The first-order valence-corrected chi connectivity index (χ1v) is 5.38. The summed E-state index contributed by atoms with van der Waals surface area (Å²) < 4.78 is 1.92. The predicted octanol–water partition coefficient (Wildman–Crippen LogP) is 1.58. The number of fused-ring (bicyclic) bond motifs is 1. The molecule has 0 aliphatic rings. The second-order valence-corrected chi connectivity index (χ2v) is 4.71. The molecular formula is C12H18N4. The van der Waals surface area contributed by atoms with E-state index in [1.165, 1.54) is 11.1 Å². The zero-order valence-corrected chi connectivity index (χ0v) is 10.2. The lowest BCUT2D eigenvalue weighted by Crippen LogP contribution is -2.42. The van der Waals surface area contributed by atoms with E-state index in [0.717, 1.165) is 11.1 Å². The number of para-hydroxylation sites is 1. The monoisotopic (exact) mass is 218 g/mol. The Hall–Kier alpha value is -1.39. The topological polar surface area (TPSA) is 55.9 Å². The fraction of sp³-hybridized carbons (Fsp3) is 0.417. The van der Waals surface area contributed by atoms with Gasteiger partial charge in [-0.25, -0.2) is 5.43 Å². The maximum Gasteiger partial charge on any atom is 0.0911 e. The molecule has 1 heterocycles. The molecule has 0 fully saturated rings. The first-order valence-electron chi connectivity index (χ1n) is 5.38. The highest BCUT2D eigenvalue weighted by Gasteiger charge is 2.25. The molecule has 4 heteroatoms. The normalized spacial score (nSPS) is 12.3. The zero-order chi connectivity index (χ0) is 11.9. The predicted molar refractivity (Wildman–Crippen MR) is 65.8 cm³/mol. The van der Waals surface area contributed by atoms with Gasteiger partial charge in [0.05, 0.1) is 16.7 Å². The second kappa shape index (κ2) is 3.57. The first-order chi connectivity index (χ1) is 7.47. The number of nitrogens with one attached hydrogen (secondary N) is 1. The van der Waals surface area contributed by atoms with Gasteiger partial charge in [-0.15, -0.1) is 0 Å². The Balaban J connectivity index is 2.79. The average Bonchev–Trinajstić information content (AvgIpc) is 2.58. The summed E-state index contributed by atoms with van der Waals surface area (Å²) in [6.45, 7) is 6.14. The number of aromatic nitrogens is 2. The van der Waals surface area contributed by atoms with Crippen LogP contribution >= 0.6 is 0 Å². The van der Waals surface area contributed by atoms with Crippen molar-refractivity contribution in [2.24, 2.45) is 12.9 Å². The van der Waals surface area contributed by atoms with Crippen LogP contribution in [0.15, 0.2) is 18.2 Å². The van der Waals surface area contributed by atoms with E-state index in [1.807, 2.05) is 25.6 Å². The van der Waals surface area contributed by atoms with Crippen molar-refractivity contribution in [3.05, 3.63) is 29.5 Å². The Morgan fingerprint density at radius 3 is 2.69 bits per heavy atom. The van der Waals surface area contributed by atoms with Crippen LogP contribution in [0.2, 0.25) is 0 Å². The molecule has 0 spiro atoms. The van der Waals surface area contributed by atoms with Crippen molar-refractivity contribution >= 4 is 10.9 Å². The van der Waals surface area contributed by atoms with Crippen LogP contribution in [0, 0.1) is 6.92 Å². The van der Waals surface area contributed by atoms with Gasteiger partial charge in [-0.05, 0) is 26.3 Å². The van der Waals surface area contributed by atoms with Gasteiger partial charge >= 0.3 is 0 Å². The van der Waals surface area contributed by atoms with E-state index >= 15 is 0 Å². The Bertz CT molecular complexity index is 525. The minimum Gasteiger partial charge on any atom is -0.271 e. The van der Waals surface area contributed by atoms with E-state index in [1.54, 1.807) is 0 Å². The molecule has 0 atom stereocenters. The van der Waals surface area contributed by atoms with E-state index in [0.29, 0.717) is 0 Å². The molecule has 16 heavy (non-hydrogen) atoms. The molecule has 1 aromatic heterocycles. The number of aryl methyl sites for hydroxylation is 2. The van der Waals surface area contributed by atoms with Gasteiger partial charge in [-0.3, -0.25) is 10.5 Å².